The summed E-state index contributed by atoms with van der Waals surface area (Å²) < 4.78 is 4.75. The van der Waals surface area contributed by atoms with Crippen molar-refractivity contribution < 1.29 is 14.3 Å². The van der Waals surface area contributed by atoms with Gasteiger partial charge in [-0.05, 0) is 13.3 Å². The van der Waals surface area contributed by atoms with Crippen molar-refractivity contribution in [2.45, 2.75) is 45.6 Å². The number of unbranched alkanes of at least 4 members (excludes halogenated alkanes) is 1. The van der Waals surface area contributed by atoms with Gasteiger partial charge in [0.2, 0.25) is 0 Å². The number of Topliss-reactive ketones (excluding diaryl/α,β-unsaturated/α-hetero) is 1. The molecule has 0 aliphatic heterocycles. The van der Waals surface area contributed by atoms with E-state index in [9.17, 15) is 9.59 Å². The highest BCUT2D eigenvalue weighted by molar-refractivity contribution is 5.76. The molecule has 0 aromatic rings. The van der Waals surface area contributed by atoms with Gasteiger partial charge < -0.3 is 4.74 Å². The number of ether oxygens (including phenoxy) is 1. The lowest BCUT2D eigenvalue weighted by atomic mass is 10.1. The molecule has 0 spiro atoms. The zero-order valence-electron chi connectivity index (χ0n) is 7.71. The number of rotatable bonds is 7. The summed E-state index contributed by atoms with van der Waals surface area (Å²) in [5.74, 6) is 0.0675. The Balaban J connectivity index is 3.68. The van der Waals surface area contributed by atoms with Crippen LogP contribution in [0, 0.1) is 0 Å². The fraction of sp³-hybridized carbons (Fsp3) is 0.778. The van der Waals surface area contributed by atoms with Gasteiger partial charge in [-0.1, -0.05) is 19.8 Å². The highest BCUT2D eigenvalue weighted by Gasteiger charge is 2.10. The molecule has 12 heavy (non-hydrogen) atoms. The SMILES string of the molecule is CCCCC(CC(C)=O)OC=O. The molecule has 0 amide bonds. The van der Waals surface area contributed by atoms with Gasteiger partial charge in [-0.3, -0.25) is 9.59 Å². The molecule has 0 aromatic carbocycles. The fourth-order valence-electron chi connectivity index (χ4n) is 1.05. The lowest BCUT2D eigenvalue weighted by molar-refractivity contribution is -0.135. The first-order chi connectivity index (χ1) is 5.70. The van der Waals surface area contributed by atoms with Crippen LogP contribution in [0.25, 0.3) is 0 Å². The molecule has 3 heteroatoms. The van der Waals surface area contributed by atoms with Gasteiger partial charge in [0.15, 0.2) is 0 Å². The van der Waals surface area contributed by atoms with Crippen molar-refractivity contribution in [2.24, 2.45) is 0 Å². The summed E-state index contributed by atoms with van der Waals surface area (Å²) >= 11 is 0. The Labute approximate surface area is 73.1 Å². The first-order valence-electron chi connectivity index (χ1n) is 4.29. The quantitative estimate of drug-likeness (QED) is 0.549. The van der Waals surface area contributed by atoms with Gasteiger partial charge in [0.1, 0.15) is 11.9 Å². The molecule has 0 radical (unpaired) electrons. The predicted octanol–water partition coefficient (Wildman–Crippen LogP) is 1.70. The van der Waals surface area contributed by atoms with Gasteiger partial charge in [0.25, 0.3) is 6.47 Å². The summed E-state index contributed by atoms with van der Waals surface area (Å²) in [5.41, 5.74) is 0. The van der Waals surface area contributed by atoms with Crippen LogP contribution in [0.5, 0.6) is 0 Å². The van der Waals surface area contributed by atoms with E-state index in [0.29, 0.717) is 12.9 Å². The first kappa shape index (κ1) is 11.1. The van der Waals surface area contributed by atoms with E-state index in [0.717, 1.165) is 19.3 Å². The molecule has 0 aromatic heterocycles. The average molecular weight is 172 g/mol. The maximum absolute atomic E-state index is 10.7. The van der Waals surface area contributed by atoms with Crippen molar-refractivity contribution in [1.29, 1.82) is 0 Å². The van der Waals surface area contributed by atoms with Gasteiger partial charge in [-0.2, -0.15) is 0 Å². The molecular weight excluding hydrogens is 156 g/mol. The van der Waals surface area contributed by atoms with Crippen molar-refractivity contribution in [1.82, 2.24) is 0 Å². The van der Waals surface area contributed by atoms with Crippen molar-refractivity contribution >= 4 is 12.3 Å². The van der Waals surface area contributed by atoms with E-state index in [4.69, 9.17) is 4.74 Å². The third kappa shape index (κ3) is 5.89. The highest BCUT2D eigenvalue weighted by atomic mass is 16.5. The van der Waals surface area contributed by atoms with E-state index >= 15 is 0 Å². The monoisotopic (exact) mass is 172 g/mol. The summed E-state index contributed by atoms with van der Waals surface area (Å²) in [6, 6.07) is 0. The number of carbonyl (C=O) groups excluding carboxylic acids is 2. The van der Waals surface area contributed by atoms with Crippen molar-refractivity contribution in [3.63, 3.8) is 0 Å². The normalized spacial score (nSPS) is 12.2. The molecule has 0 bridgehead atoms. The maximum atomic E-state index is 10.7. The Hall–Kier alpha value is -0.860. The summed E-state index contributed by atoms with van der Waals surface area (Å²) in [7, 11) is 0. The molecule has 1 unspecified atom stereocenters. The van der Waals surface area contributed by atoms with Crippen molar-refractivity contribution in [2.75, 3.05) is 0 Å². The van der Waals surface area contributed by atoms with Crippen molar-refractivity contribution in [3.8, 4) is 0 Å². The number of ketones is 1. The molecule has 1 atom stereocenters. The van der Waals surface area contributed by atoms with Gasteiger partial charge in [0, 0.05) is 6.42 Å². The number of carbonyl (C=O) groups is 2. The Bertz CT molecular complexity index is 143. The molecule has 0 rings (SSSR count). The molecule has 3 nitrogen and oxygen atoms in total. The van der Waals surface area contributed by atoms with E-state index < -0.39 is 0 Å². The number of hydrogen-bond donors (Lipinski definition) is 0. The Morgan fingerprint density at radius 3 is 2.67 bits per heavy atom. The Morgan fingerprint density at radius 2 is 2.25 bits per heavy atom. The lowest BCUT2D eigenvalue weighted by Crippen LogP contribution is -2.15. The molecule has 70 valence electrons. The topological polar surface area (TPSA) is 43.4 Å². The lowest BCUT2D eigenvalue weighted by Gasteiger charge is -2.12. The largest absolute Gasteiger partial charge is 0.464 e. The van der Waals surface area contributed by atoms with Crippen molar-refractivity contribution in [3.05, 3.63) is 0 Å². The van der Waals surface area contributed by atoms with Crippen LogP contribution in [0.4, 0.5) is 0 Å². The van der Waals surface area contributed by atoms with Crippen LogP contribution < -0.4 is 0 Å². The molecule has 0 fully saturated rings. The van der Waals surface area contributed by atoms with E-state index in [-0.39, 0.29) is 11.9 Å². The molecule has 0 saturated heterocycles. The van der Waals surface area contributed by atoms with Crippen LogP contribution in [-0.4, -0.2) is 18.4 Å². The zero-order chi connectivity index (χ0) is 9.40. The zero-order valence-corrected chi connectivity index (χ0v) is 7.71. The predicted molar refractivity (Wildman–Crippen MR) is 45.8 cm³/mol. The molecule has 0 heterocycles. The Kier molecular flexibility index (Phi) is 6.34. The first-order valence-corrected chi connectivity index (χ1v) is 4.29. The van der Waals surface area contributed by atoms with Gasteiger partial charge >= 0.3 is 0 Å². The smallest absolute Gasteiger partial charge is 0.293 e. The minimum atomic E-state index is -0.208. The molecule has 0 aliphatic carbocycles. The molecular formula is C9H16O3. The van der Waals surface area contributed by atoms with Gasteiger partial charge in [-0.15, -0.1) is 0 Å². The summed E-state index contributed by atoms with van der Waals surface area (Å²) in [5, 5.41) is 0. The van der Waals surface area contributed by atoms with Crippen LogP contribution in [0.15, 0.2) is 0 Å². The van der Waals surface area contributed by atoms with E-state index in [2.05, 4.69) is 6.92 Å². The van der Waals surface area contributed by atoms with Crippen LogP contribution in [0.1, 0.15) is 39.5 Å². The summed E-state index contributed by atoms with van der Waals surface area (Å²) in [4.78, 5) is 20.7. The second-order valence-corrected chi connectivity index (χ2v) is 2.90. The molecule has 0 aliphatic rings. The summed E-state index contributed by atoms with van der Waals surface area (Å²) in [6.45, 7) is 3.99. The average Bonchev–Trinajstić information content (AvgIpc) is 2.00. The third-order valence-electron chi connectivity index (χ3n) is 1.64. The van der Waals surface area contributed by atoms with Crippen LogP contribution in [-0.2, 0) is 14.3 Å². The minimum Gasteiger partial charge on any atom is -0.464 e. The van der Waals surface area contributed by atoms with E-state index in [1.807, 2.05) is 0 Å². The minimum absolute atomic E-state index is 0.0675. The highest BCUT2D eigenvalue weighted by Crippen LogP contribution is 2.08. The van der Waals surface area contributed by atoms with Crippen LogP contribution in [0.2, 0.25) is 0 Å². The second kappa shape index (κ2) is 6.83. The van der Waals surface area contributed by atoms with Gasteiger partial charge in [0.05, 0.1) is 0 Å². The van der Waals surface area contributed by atoms with Gasteiger partial charge in [-0.25, -0.2) is 0 Å². The molecule has 0 saturated carbocycles. The standard InChI is InChI=1S/C9H16O3/c1-3-4-5-9(12-7-10)6-8(2)11/h7,9H,3-6H2,1-2H3. The number of hydrogen-bond acceptors (Lipinski definition) is 3. The molecule has 0 N–H and O–H groups in total. The fourth-order valence-corrected chi connectivity index (χ4v) is 1.05. The van der Waals surface area contributed by atoms with Crippen LogP contribution >= 0.6 is 0 Å². The summed E-state index contributed by atoms with van der Waals surface area (Å²) in [6.07, 6.45) is 2.97. The van der Waals surface area contributed by atoms with Crippen LogP contribution in [0.3, 0.4) is 0 Å². The third-order valence-corrected chi connectivity index (χ3v) is 1.64. The van der Waals surface area contributed by atoms with E-state index in [1.165, 1.54) is 6.92 Å². The van der Waals surface area contributed by atoms with E-state index in [1.54, 1.807) is 0 Å². The Morgan fingerprint density at radius 1 is 1.58 bits per heavy atom. The maximum Gasteiger partial charge on any atom is 0.293 e. The second-order valence-electron chi connectivity index (χ2n) is 2.90.